The number of alkyl carbamates (subject to hydrolysis) is 1. The van der Waals surface area contributed by atoms with E-state index in [1.807, 2.05) is 37.3 Å². The summed E-state index contributed by atoms with van der Waals surface area (Å²) in [6.07, 6.45) is -1.05. The fourth-order valence-corrected chi connectivity index (χ4v) is 3.13. The summed E-state index contributed by atoms with van der Waals surface area (Å²) in [4.78, 5) is 12.1. The maximum Gasteiger partial charge on any atom is 0.407 e. The molecule has 0 spiro atoms. The number of aliphatic hydroxyl groups is 1. The van der Waals surface area contributed by atoms with E-state index in [1.165, 1.54) is 0 Å². The summed E-state index contributed by atoms with van der Waals surface area (Å²) < 4.78 is 16.3. The predicted octanol–water partition coefficient (Wildman–Crippen LogP) is 3.85. The third kappa shape index (κ3) is 4.84. The van der Waals surface area contributed by atoms with E-state index >= 15 is 0 Å². The van der Waals surface area contributed by atoms with E-state index in [4.69, 9.17) is 25.8 Å². The number of benzene rings is 2. The fraction of sp³-hybridized carbons (Fsp3) is 0.350. The number of aliphatic hydroxyl groups excluding tert-OH is 1. The van der Waals surface area contributed by atoms with Gasteiger partial charge in [0.1, 0.15) is 19.8 Å². The van der Waals surface area contributed by atoms with Gasteiger partial charge in [-0.25, -0.2) is 4.79 Å². The molecular formula is C20H22ClNO5. The molecule has 0 unspecified atom stereocenters. The zero-order valence-electron chi connectivity index (χ0n) is 15.0. The predicted molar refractivity (Wildman–Crippen MR) is 101 cm³/mol. The van der Waals surface area contributed by atoms with Gasteiger partial charge in [-0.3, -0.25) is 0 Å². The van der Waals surface area contributed by atoms with Crippen LogP contribution in [0.25, 0.3) is 0 Å². The molecule has 2 aromatic carbocycles. The topological polar surface area (TPSA) is 77.0 Å². The van der Waals surface area contributed by atoms with E-state index in [0.717, 1.165) is 5.56 Å². The highest BCUT2D eigenvalue weighted by Gasteiger charge is 2.25. The molecule has 1 aliphatic heterocycles. The minimum Gasteiger partial charge on any atom is -0.486 e. The molecule has 2 aromatic rings. The van der Waals surface area contributed by atoms with Crippen LogP contribution in [0.1, 0.15) is 30.6 Å². The number of ether oxygens (including phenoxy) is 3. The number of hydrogen-bond acceptors (Lipinski definition) is 5. The van der Waals surface area contributed by atoms with Crippen molar-refractivity contribution in [3.8, 4) is 11.5 Å². The first-order valence-electron chi connectivity index (χ1n) is 8.82. The van der Waals surface area contributed by atoms with Gasteiger partial charge in [-0.15, -0.1) is 0 Å². The van der Waals surface area contributed by atoms with Gasteiger partial charge in [0.25, 0.3) is 0 Å². The zero-order valence-corrected chi connectivity index (χ0v) is 15.7. The Bertz CT molecular complexity index is 783. The largest absolute Gasteiger partial charge is 0.486 e. The summed E-state index contributed by atoms with van der Waals surface area (Å²) in [7, 11) is 0. The van der Waals surface area contributed by atoms with E-state index in [1.54, 1.807) is 12.1 Å². The third-order valence-electron chi connectivity index (χ3n) is 4.30. The Balaban J connectivity index is 1.64. The van der Waals surface area contributed by atoms with Gasteiger partial charge in [-0.2, -0.15) is 0 Å². The average molecular weight is 392 g/mol. The number of amides is 1. The van der Waals surface area contributed by atoms with Gasteiger partial charge in [0.05, 0.1) is 17.2 Å². The number of carbonyl (C=O) groups excluding carboxylic acids is 1. The van der Waals surface area contributed by atoms with Crippen LogP contribution in [0.3, 0.4) is 0 Å². The second-order valence-electron chi connectivity index (χ2n) is 6.19. The molecule has 3 rings (SSSR count). The summed E-state index contributed by atoms with van der Waals surface area (Å²) in [6, 6.07) is 12.2. The Hall–Kier alpha value is -2.44. The van der Waals surface area contributed by atoms with E-state index in [0.29, 0.717) is 41.7 Å². The van der Waals surface area contributed by atoms with Gasteiger partial charge in [0.15, 0.2) is 11.5 Å². The molecule has 27 heavy (non-hydrogen) atoms. The molecule has 7 heteroatoms. The summed E-state index contributed by atoms with van der Waals surface area (Å²) in [5, 5.41) is 13.8. The van der Waals surface area contributed by atoms with Gasteiger partial charge in [-0.1, -0.05) is 48.9 Å². The first kappa shape index (κ1) is 19.3. The van der Waals surface area contributed by atoms with Crippen molar-refractivity contribution < 1.29 is 24.1 Å². The molecule has 1 amide bonds. The summed E-state index contributed by atoms with van der Waals surface area (Å²) in [6.45, 7) is 2.88. The molecule has 0 bridgehead atoms. The smallest absolute Gasteiger partial charge is 0.407 e. The van der Waals surface area contributed by atoms with Crippen molar-refractivity contribution in [2.24, 2.45) is 0 Å². The van der Waals surface area contributed by atoms with Gasteiger partial charge >= 0.3 is 6.09 Å². The summed E-state index contributed by atoms with van der Waals surface area (Å²) >= 11 is 6.23. The second-order valence-corrected chi connectivity index (χ2v) is 6.60. The van der Waals surface area contributed by atoms with Gasteiger partial charge in [-0.05, 0) is 29.7 Å². The van der Waals surface area contributed by atoms with Crippen molar-refractivity contribution in [3.05, 3.63) is 58.6 Å². The number of carbonyl (C=O) groups is 1. The second kappa shape index (κ2) is 8.97. The van der Waals surface area contributed by atoms with Crippen LogP contribution in [0, 0.1) is 0 Å². The molecule has 2 N–H and O–H groups in total. The summed E-state index contributed by atoms with van der Waals surface area (Å²) in [5.41, 5.74) is 1.43. The molecule has 2 atom stereocenters. The van der Waals surface area contributed by atoms with Crippen molar-refractivity contribution >= 4 is 17.7 Å². The highest BCUT2D eigenvalue weighted by atomic mass is 35.5. The van der Waals surface area contributed by atoms with E-state index in [2.05, 4.69) is 5.32 Å². The first-order chi connectivity index (χ1) is 13.1. The van der Waals surface area contributed by atoms with Crippen LogP contribution < -0.4 is 14.8 Å². The van der Waals surface area contributed by atoms with Crippen LogP contribution in [0.15, 0.2) is 42.5 Å². The number of fused-ring (bicyclic) bond motifs is 1. The van der Waals surface area contributed by atoms with Crippen LogP contribution >= 0.6 is 11.6 Å². The Labute approximate surface area is 163 Å². The molecular weight excluding hydrogens is 370 g/mol. The molecule has 6 nitrogen and oxygen atoms in total. The van der Waals surface area contributed by atoms with Crippen LogP contribution in [0.5, 0.6) is 11.5 Å². The van der Waals surface area contributed by atoms with E-state index < -0.39 is 18.2 Å². The standard InChI is InChI=1S/C20H22ClNO5/c1-2-16(22-20(24)27-12-13-6-4-3-5-7-13)18(23)14-10-15(21)19-17(11-14)25-8-9-26-19/h3-7,10-11,16,18,23H,2,8-9,12H2,1H3,(H,22,24)/t16-,18-/m1/s1. The maximum atomic E-state index is 12.1. The van der Waals surface area contributed by atoms with E-state index in [-0.39, 0.29) is 6.61 Å². The number of nitrogens with one attached hydrogen (secondary N) is 1. The quantitative estimate of drug-likeness (QED) is 0.782. The van der Waals surface area contributed by atoms with Gasteiger partial charge in [0, 0.05) is 0 Å². The molecule has 0 fully saturated rings. The lowest BCUT2D eigenvalue weighted by atomic mass is 10.00. The van der Waals surface area contributed by atoms with Gasteiger partial charge in [0.2, 0.25) is 0 Å². The molecule has 0 saturated carbocycles. The number of rotatable bonds is 6. The maximum absolute atomic E-state index is 12.1. The molecule has 0 aromatic heterocycles. The average Bonchev–Trinajstić information content (AvgIpc) is 2.70. The Morgan fingerprint density at radius 2 is 2.00 bits per heavy atom. The minimum absolute atomic E-state index is 0.162. The first-order valence-corrected chi connectivity index (χ1v) is 9.20. The lowest BCUT2D eigenvalue weighted by Gasteiger charge is -2.25. The fourth-order valence-electron chi connectivity index (χ4n) is 2.85. The van der Waals surface area contributed by atoms with Crippen molar-refractivity contribution in [2.75, 3.05) is 13.2 Å². The summed E-state index contributed by atoms with van der Waals surface area (Å²) in [5.74, 6) is 0.964. The van der Waals surface area contributed by atoms with Crippen LogP contribution in [-0.2, 0) is 11.3 Å². The molecule has 0 saturated heterocycles. The van der Waals surface area contributed by atoms with E-state index in [9.17, 15) is 9.90 Å². The SMILES string of the molecule is CC[C@@H](NC(=O)OCc1ccccc1)[C@H](O)c1cc(Cl)c2c(c1)OCCO2. The Kier molecular flexibility index (Phi) is 6.42. The lowest BCUT2D eigenvalue weighted by Crippen LogP contribution is -2.39. The lowest BCUT2D eigenvalue weighted by molar-refractivity contribution is 0.0997. The monoisotopic (exact) mass is 391 g/mol. The minimum atomic E-state index is -0.965. The molecule has 144 valence electrons. The Morgan fingerprint density at radius 3 is 2.74 bits per heavy atom. The molecule has 1 heterocycles. The van der Waals surface area contributed by atoms with Crippen LogP contribution in [0.4, 0.5) is 4.79 Å². The molecule has 0 radical (unpaired) electrons. The molecule has 0 aliphatic carbocycles. The third-order valence-corrected chi connectivity index (χ3v) is 4.58. The highest BCUT2D eigenvalue weighted by Crippen LogP contribution is 2.40. The van der Waals surface area contributed by atoms with Crippen molar-refractivity contribution in [3.63, 3.8) is 0 Å². The Morgan fingerprint density at radius 1 is 1.26 bits per heavy atom. The van der Waals surface area contributed by atoms with Crippen molar-refractivity contribution in [1.82, 2.24) is 5.32 Å². The van der Waals surface area contributed by atoms with Gasteiger partial charge < -0.3 is 24.6 Å². The highest BCUT2D eigenvalue weighted by molar-refractivity contribution is 6.32. The molecule has 1 aliphatic rings. The van der Waals surface area contributed by atoms with Crippen LogP contribution in [0.2, 0.25) is 5.02 Å². The normalized spacial score (nSPS) is 14.9. The van der Waals surface area contributed by atoms with Crippen LogP contribution in [-0.4, -0.2) is 30.5 Å². The number of hydrogen-bond donors (Lipinski definition) is 2. The van der Waals surface area contributed by atoms with Crippen molar-refractivity contribution in [1.29, 1.82) is 0 Å². The number of halogens is 1. The van der Waals surface area contributed by atoms with Crippen molar-refractivity contribution in [2.45, 2.75) is 32.1 Å². The zero-order chi connectivity index (χ0) is 19.2.